The summed E-state index contributed by atoms with van der Waals surface area (Å²) in [5, 5.41) is 3.02. The largest absolute Gasteiger partial charge is 0.497 e. The van der Waals surface area contributed by atoms with E-state index in [0.717, 1.165) is 29.9 Å². The van der Waals surface area contributed by atoms with Crippen molar-refractivity contribution in [1.29, 1.82) is 0 Å². The lowest BCUT2D eigenvalue weighted by Gasteiger charge is -2.25. The zero-order chi connectivity index (χ0) is 16.8. The lowest BCUT2D eigenvalue weighted by atomic mass is 9.96. The van der Waals surface area contributed by atoms with Crippen molar-refractivity contribution in [2.24, 2.45) is 5.92 Å². The quantitative estimate of drug-likeness (QED) is 0.828. The third-order valence-electron chi connectivity index (χ3n) is 4.24. The molecule has 2 heterocycles. The molecule has 0 spiro atoms. The molecule has 126 valence electrons. The molecule has 3 rings (SSSR count). The normalized spacial score (nSPS) is 16.0. The first-order valence-electron chi connectivity index (χ1n) is 8.22. The number of carbonyl (C=O) groups excluding carboxylic acids is 1. The Bertz CT molecular complexity index is 688. The highest BCUT2D eigenvalue weighted by Gasteiger charge is 2.25. The van der Waals surface area contributed by atoms with E-state index in [0.29, 0.717) is 19.6 Å². The fraction of sp³-hybridized carbons (Fsp3) is 0.368. The van der Waals surface area contributed by atoms with Gasteiger partial charge in [0.2, 0.25) is 5.91 Å². The highest BCUT2D eigenvalue weighted by molar-refractivity contribution is 5.79. The number of rotatable bonds is 6. The fourth-order valence-corrected chi connectivity index (χ4v) is 2.85. The molecule has 1 atom stereocenters. The van der Waals surface area contributed by atoms with E-state index in [9.17, 15) is 4.79 Å². The van der Waals surface area contributed by atoms with E-state index in [1.54, 1.807) is 19.5 Å². The third kappa shape index (κ3) is 4.04. The Morgan fingerprint density at radius 1 is 1.33 bits per heavy atom. The van der Waals surface area contributed by atoms with Gasteiger partial charge in [-0.1, -0.05) is 6.07 Å². The number of methoxy groups -OCH3 is 1. The van der Waals surface area contributed by atoms with Crippen molar-refractivity contribution in [3.63, 3.8) is 0 Å². The number of aromatic nitrogens is 1. The summed E-state index contributed by atoms with van der Waals surface area (Å²) in [7, 11) is 1.63. The first kappa shape index (κ1) is 16.3. The molecule has 0 fully saturated rings. The minimum Gasteiger partial charge on any atom is -0.497 e. The van der Waals surface area contributed by atoms with E-state index in [-0.39, 0.29) is 11.8 Å². The van der Waals surface area contributed by atoms with E-state index in [4.69, 9.17) is 9.47 Å². The summed E-state index contributed by atoms with van der Waals surface area (Å²) < 4.78 is 10.9. The third-order valence-corrected chi connectivity index (χ3v) is 4.24. The van der Waals surface area contributed by atoms with Crippen molar-refractivity contribution in [3.05, 3.63) is 53.9 Å². The SMILES string of the molecule is COc1ccc2c(c1)OCC(C(=O)NCCCc1ccncc1)C2. The molecule has 1 aromatic carbocycles. The summed E-state index contributed by atoms with van der Waals surface area (Å²) in [6.07, 6.45) is 6.14. The molecule has 0 bridgehead atoms. The molecule has 1 aliphatic rings. The Kier molecular flexibility index (Phi) is 5.31. The van der Waals surface area contributed by atoms with Crippen molar-refractivity contribution in [1.82, 2.24) is 10.3 Å². The number of pyridine rings is 1. The van der Waals surface area contributed by atoms with Gasteiger partial charge >= 0.3 is 0 Å². The number of carbonyl (C=O) groups is 1. The second kappa shape index (κ2) is 7.81. The Hall–Kier alpha value is -2.56. The average Bonchev–Trinajstić information content (AvgIpc) is 2.65. The van der Waals surface area contributed by atoms with Crippen LogP contribution < -0.4 is 14.8 Å². The lowest BCUT2D eigenvalue weighted by Crippen LogP contribution is -2.37. The number of hydrogen-bond acceptors (Lipinski definition) is 4. The minimum atomic E-state index is -0.133. The van der Waals surface area contributed by atoms with Gasteiger partial charge in [-0.3, -0.25) is 9.78 Å². The Balaban J connectivity index is 1.46. The van der Waals surface area contributed by atoms with E-state index >= 15 is 0 Å². The van der Waals surface area contributed by atoms with Gasteiger partial charge in [-0.25, -0.2) is 0 Å². The van der Waals surface area contributed by atoms with Crippen LogP contribution in [0, 0.1) is 5.92 Å². The number of aryl methyl sites for hydroxylation is 1. The number of amides is 1. The number of hydrogen-bond donors (Lipinski definition) is 1. The minimum absolute atomic E-state index is 0.0613. The summed E-state index contributed by atoms with van der Waals surface area (Å²) in [6.45, 7) is 1.09. The molecule has 0 aliphatic carbocycles. The molecule has 1 N–H and O–H groups in total. The number of fused-ring (bicyclic) bond motifs is 1. The molecule has 1 aliphatic heterocycles. The van der Waals surface area contributed by atoms with Crippen LogP contribution in [0.1, 0.15) is 17.5 Å². The second-order valence-electron chi connectivity index (χ2n) is 5.94. The van der Waals surface area contributed by atoms with Crippen molar-refractivity contribution in [3.8, 4) is 11.5 Å². The van der Waals surface area contributed by atoms with E-state index in [1.807, 2.05) is 30.3 Å². The maximum atomic E-state index is 12.3. The van der Waals surface area contributed by atoms with Gasteiger partial charge in [0.05, 0.1) is 13.0 Å². The van der Waals surface area contributed by atoms with Crippen LogP contribution in [0.15, 0.2) is 42.7 Å². The molecule has 24 heavy (non-hydrogen) atoms. The first-order valence-corrected chi connectivity index (χ1v) is 8.22. The molecule has 0 saturated heterocycles. The van der Waals surface area contributed by atoms with Crippen LogP contribution in [-0.4, -0.2) is 31.2 Å². The standard InChI is InChI=1S/C19H22N2O3/c1-23-17-5-4-15-11-16(13-24-18(15)12-17)19(22)21-8-2-3-14-6-9-20-10-7-14/h4-7,9-10,12,16H,2-3,8,11,13H2,1H3,(H,21,22). The monoisotopic (exact) mass is 326 g/mol. The number of ether oxygens (including phenoxy) is 2. The van der Waals surface area contributed by atoms with Crippen LogP contribution in [-0.2, 0) is 17.6 Å². The smallest absolute Gasteiger partial charge is 0.226 e. The summed E-state index contributed by atoms with van der Waals surface area (Å²) >= 11 is 0. The van der Waals surface area contributed by atoms with Crippen LogP contribution >= 0.6 is 0 Å². The average molecular weight is 326 g/mol. The van der Waals surface area contributed by atoms with Crippen molar-refractivity contribution >= 4 is 5.91 Å². The molecular weight excluding hydrogens is 304 g/mol. The molecule has 5 nitrogen and oxygen atoms in total. The van der Waals surface area contributed by atoms with Crippen LogP contribution in [0.2, 0.25) is 0 Å². The highest BCUT2D eigenvalue weighted by atomic mass is 16.5. The molecular formula is C19H22N2O3. The molecule has 2 aromatic rings. The molecule has 5 heteroatoms. The maximum Gasteiger partial charge on any atom is 0.226 e. The van der Waals surface area contributed by atoms with Crippen molar-refractivity contribution in [2.75, 3.05) is 20.3 Å². The van der Waals surface area contributed by atoms with Crippen LogP contribution in [0.25, 0.3) is 0 Å². The van der Waals surface area contributed by atoms with Crippen LogP contribution in [0.4, 0.5) is 0 Å². The van der Waals surface area contributed by atoms with Crippen molar-refractivity contribution in [2.45, 2.75) is 19.3 Å². The number of nitrogens with one attached hydrogen (secondary N) is 1. The first-order chi connectivity index (χ1) is 11.8. The topological polar surface area (TPSA) is 60.5 Å². The highest BCUT2D eigenvalue weighted by Crippen LogP contribution is 2.31. The molecule has 0 saturated carbocycles. The predicted molar refractivity (Wildman–Crippen MR) is 91.3 cm³/mol. The molecule has 1 unspecified atom stereocenters. The van der Waals surface area contributed by atoms with Gasteiger partial charge < -0.3 is 14.8 Å². The van der Waals surface area contributed by atoms with Crippen molar-refractivity contribution < 1.29 is 14.3 Å². The summed E-state index contributed by atoms with van der Waals surface area (Å²) in [5.74, 6) is 1.52. The summed E-state index contributed by atoms with van der Waals surface area (Å²) in [4.78, 5) is 16.3. The van der Waals surface area contributed by atoms with E-state index in [2.05, 4.69) is 10.3 Å². The van der Waals surface area contributed by atoms with E-state index in [1.165, 1.54) is 5.56 Å². The fourth-order valence-electron chi connectivity index (χ4n) is 2.85. The number of nitrogens with zero attached hydrogens (tertiary/aromatic N) is 1. The Morgan fingerprint density at radius 2 is 2.17 bits per heavy atom. The summed E-state index contributed by atoms with van der Waals surface area (Å²) in [5.41, 5.74) is 2.29. The van der Waals surface area contributed by atoms with Gasteiger partial charge in [-0.15, -0.1) is 0 Å². The van der Waals surface area contributed by atoms with Gasteiger partial charge in [0.25, 0.3) is 0 Å². The van der Waals surface area contributed by atoms with Gasteiger partial charge in [0, 0.05) is 25.0 Å². The van der Waals surface area contributed by atoms with E-state index < -0.39 is 0 Å². The Morgan fingerprint density at radius 3 is 2.96 bits per heavy atom. The molecule has 0 radical (unpaired) electrons. The van der Waals surface area contributed by atoms with Crippen LogP contribution in [0.5, 0.6) is 11.5 Å². The molecule has 1 amide bonds. The van der Waals surface area contributed by atoms with Gasteiger partial charge in [0.15, 0.2) is 0 Å². The lowest BCUT2D eigenvalue weighted by molar-refractivity contribution is -0.126. The molecule has 1 aromatic heterocycles. The zero-order valence-corrected chi connectivity index (χ0v) is 13.8. The Labute approximate surface area is 142 Å². The second-order valence-corrected chi connectivity index (χ2v) is 5.94. The predicted octanol–water partition coefficient (Wildman–Crippen LogP) is 2.39. The van der Waals surface area contributed by atoms with Crippen LogP contribution in [0.3, 0.4) is 0 Å². The van der Waals surface area contributed by atoms with Gasteiger partial charge in [0.1, 0.15) is 18.1 Å². The summed E-state index contributed by atoms with van der Waals surface area (Å²) in [6, 6.07) is 9.75. The number of benzene rings is 1. The van der Waals surface area contributed by atoms with Gasteiger partial charge in [-0.2, -0.15) is 0 Å². The van der Waals surface area contributed by atoms with Gasteiger partial charge in [-0.05, 0) is 48.6 Å². The zero-order valence-electron chi connectivity index (χ0n) is 13.8. The maximum absolute atomic E-state index is 12.3.